The van der Waals surface area contributed by atoms with Crippen LogP contribution in [-0.4, -0.2) is 26.0 Å². The van der Waals surface area contributed by atoms with E-state index in [1.165, 1.54) is 10.9 Å². The molecular weight excluding hydrogens is 300 g/mol. The second kappa shape index (κ2) is 4.91. The number of aryl methyl sites for hydroxylation is 1. The topological polar surface area (TPSA) is 75.4 Å². The molecule has 2 rings (SSSR count). The van der Waals surface area contributed by atoms with Crippen molar-refractivity contribution in [3.63, 3.8) is 0 Å². The van der Waals surface area contributed by atoms with Gasteiger partial charge >= 0.3 is 5.97 Å². The first kappa shape index (κ1) is 12.8. The molecule has 0 bridgehead atoms. The Labute approximate surface area is 112 Å². The van der Waals surface area contributed by atoms with Crippen LogP contribution >= 0.6 is 15.9 Å². The highest BCUT2D eigenvalue weighted by Crippen LogP contribution is 2.20. The van der Waals surface area contributed by atoms with Gasteiger partial charge in [0.05, 0.1) is 12.3 Å². The predicted molar refractivity (Wildman–Crippen MR) is 68.9 cm³/mol. The van der Waals surface area contributed by atoms with Crippen LogP contribution in [0, 0.1) is 6.92 Å². The molecule has 0 saturated heterocycles. The minimum Gasteiger partial charge on any atom is -0.476 e. The largest absolute Gasteiger partial charge is 0.476 e. The maximum absolute atomic E-state index is 11.0. The highest BCUT2D eigenvalue weighted by Gasteiger charge is 2.15. The molecule has 0 saturated carbocycles. The summed E-state index contributed by atoms with van der Waals surface area (Å²) in [4.78, 5) is 11.0. The minimum absolute atomic E-state index is 0.130. The van der Waals surface area contributed by atoms with Gasteiger partial charge in [-0.3, -0.25) is 0 Å². The predicted octanol–water partition coefficient (Wildman–Crippen LogP) is 2.13. The lowest BCUT2D eigenvalue weighted by Crippen LogP contribution is -2.02. The van der Waals surface area contributed by atoms with E-state index in [1.54, 1.807) is 0 Å². The molecular formula is C12H11BrN2O3. The number of aliphatic hydroxyl groups is 1. The van der Waals surface area contributed by atoms with Gasteiger partial charge in [-0.2, -0.15) is 5.10 Å². The number of carboxylic acid groups (broad SMARTS) is 1. The number of hydrogen-bond acceptors (Lipinski definition) is 3. The van der Waals surface area contributed by atoms with Crippen LogP contribution in [0.5, 0.6) is 0 Å². The number of hydrogen-bond donors (Lipinski definition) is 2. The van der Waals surface area contributed by atoms with Gasteiger partial charge in [-0.05, 0) is 24.6 Å². The van der Waals surface area contributed by atoms with Gasteiger partial charge in [0.15, 0.2) is 5.69 Å². The lowest BCUT2D eigenvalue weighted by molar-refractivity contribution is 0.0686. The Morgan fingerprint density at radius 3 is 2.72 bits per heavy atom. The molecule has 2 aromatic rings. The van der Waals surface area contributed by atoms with Crippen molar-refractivity contribution < 1.29 is 15.0 Å². The summed E-state index contributed by atoms with van der Waals surface area (Å²) in [5.41, 5.74) is 1.97. The molecule has 2 N–H and O–H groups in total. The van der Waals surface area contributed by atoms with Crippen LogP contribution in [0.4, 0.5) is 0 Å². The summed E-state index contributed by atoms with van der Waals surface area (Å²) in [6.07, 6.45) is 1.51. The van der Waals surface area contributed by atoms with Crippen LogP contribution in [0.15, 0.2) is 28.9 Å². The fourth-order valence-electron chi connectivity index (χ4n) is 1.56. The SMILES string of the molecule is Cc1ccc(-n2cc(CO)c(C(=O)O)n2)cc1Br. The van der Waals surface area contributed by atoms with Crippen molar-refractivity contribution in [1.82, 2.24) is 9.78 Å². The van der Waals surface area contributed by atoms with Crippen molar-refractivity contribution in [3.05, 3.63) is 45.7 Å². The molecule has 5 nitrogen and oxygen atoms in total. The molecule has 94 valence electrons. The van der Waals surface area contributed by atoms with Gasteiger partial charge in [0, 0.05) is 16.2 Å². The second-order valence-corrected chi connectivity index (χ2v) is 4.70. The van der Waals surface area contributed by atoms with Gasteiger partial charge in [-0.1, -0.05) is 22.0 Å². The average Bonchev–Trinajstić information content (AvgIpc) is 2.77. The number of benzene rings is 1. The van der Waals surface area contributed by atoms with Crippen LogP contribution in [0.2, 0.25) is 0 Å². The molecule has 0 amide bonds. The van der Waals surface area contributed by atoms with Crippen LogP contribution in [-0.2, 0) is 6.61 Å². The summed E-state index contributed by atoms with van der Waals surface area (Å²) >= 11 is 3.41. The Balaban J connectivity index is 2.50. The van der Waals surface area contributed by atoms with E-state index in [0.29, 0.717) is 5.56 Å². The van der Waals surface area contributed by atoms with E-state index >= 15 is 0 Å². The van der Waals surface area contributed by atoms with Crippen LogP contribution < -0.4 is 0 Å². The first-order valence-electron chi connectivity index (χ1n) is 5.22. The number of aliphatic hydroxyl groups excluding tert-OH is 1. The van der Waals surface area contributed by atoms with E-state index in [9.17, 15) is 4.79 Å². The summed E-state index contributed by atoms with van der Waals surface area (Å²) in [5.74, 6) is -1.15. The molecule has 18 heavy (non-hydrogen) atoms. The molecule has 0 fully saturated rings. The Morgan fingerprint density at radius 1 is 1.50 bits per heavy atom. The van der Waals surface area contributed by atoms with E-state index in [2.05, 4.69) is 21.0 Å². The first-order valence-corrected chi connectivity index (χ1v) is 6.01. The van der Waals surface area contributed by atoms with Crippen molar-refractivity contribution >= 4 is 21.9 Å². The average molecular weight is 311 g/mol. The van der Waals surface area contributed by atoms with Gasteiger partial charge in [0.2, 0.25) is 0 Å². The normalized spacial score (nSPS) is 10.6. The number of nitrogens with zero attached hydrogens (tertiary/aromatic N) is 2. The molecule has 1 heterocycles. The van der Waals surface area contributed by atoms with Gasteiger partial charge in [0.1, 0.15) is 0 Å². The summed E-state index contributed by atoms with van der Waals surface area (Å²) in [5, 5.41) is 22.0. The second-order valence-electron chi connectivity index (χ2n) is 3.84. The Morgan fingerprint density at radius 2 is 2.22 bits per heavy atom. The van der Waals surface area contributed by atoms with Crippen molar-refractivity contribution in [2.24, 2.45) is 0 Å². The van der Waals surface area contributed by atoms with Gasteiger partial charge in [-0.15, -0.1) is 0 Å². The van der Waals surface area contributed by atoms with Crippen LogP contribution in [0.3, 0.4) is 0 Å². The zero-order chi connectivity index (χ0) is 13.3. The third-order valence-electron chi connectivity index (χ3n) is 2.58. The van der Waals surface area contributed by atoms with E-state index in [1.807, 2.05) is 25.1 Å². The smallest absolute Gasteiger partial charge is 0.356 e. The molecule has 0 unspecified atom stereocenters. The summed E-state index contributed by atoms with van der Waals surface area (Å²) in [6.45, 7) is 1.60. The number of aromatic carboxylic acids is 1. The third-order valence-corrected chi connectivity index (χ3v) is 3.44. The maximum Gasteiger partial charge on any atom is 0.356 e. The molecule has 0 aliphatic rings. The van der Waals surface area contributed by atoms with Gasteiger partial charge in [-0.25, -0.2) is 9.48 Å². The zero-order valence-electron chi connectivity index (χ0n) is 9.59. The molecule has 0 spiro atoms. The van der Waals surface area contributed by atoms with Gasteiger partial charge in [0.25, 0.3) is 0 Å². The number of carboxylic acids is 1. The molecule has 0 aliphatic carbocycles. The molecule has 0 radical (unpaired) electrons. The molecule has 6 heteroatoms. The summed E-state index contributed by atoms with van der Waals surface area (Å²) < 4.78 is 2.36. The molecule has 0 aliphatic heterocycles. The standard InChI is InChI=1S/C12H11BrN2O3/c1-7-2-3-9(4-10(7)13)15-5-8(6-16)11(14-15)12(17)18/h2-5,16H,6H2,1H3,(H,17,18). The van der Waals surface area contributed by atoms with E-state index < -0.39 is 5.97 Å². The Bertz CT molecular complexity index is 607. The van der Waals surface area contributed by atoms with Crippen LogP contribution in [0.1, 0.15) is 21.6 Å². The number of carbonyl (C=O) groups is 1. The lowest BCUT2D eigenvalue weighted by atomic mass is 10.2. The number of rotatable bonds is 3. The minimum atomic E-state index is -1.15. The monoisotopic (exact) mass is 310 g/mol. The fourth-order valence-corrected chi connectivity index (χ4v) is 1.93. The Hall–Kier alpha value is -1.66. The van der Waals surface area contributed by atoms with Crippen LogP contribution in [0.25, 0.3) is 5.69 Å². The van der Waals surface area contributed by atoms with Crippen molar-refractivity contribution in [2.75, 3.05) is 0 Å². The lowest BCUT2D eigenvalue weighted by Gasteiger charge is -2.03. The fraction of sp³-hybridized carbons (Fsp3) is 0.167. The highest BCUT2D eigenvalue weighted by molar-refractivity contribution is 9.10. The van der Waals surface area contributed by atoms with Gasteiger partial charge < -0.3 is 10.2 Å². The summed E-state index contributed by atoms with van der Waals surface area (Å²) in [6, 6.07) is 5.58. The first-order chi connectivity index (χ1) is 8.52. The third kappa shape index (κ3) is 2.30. The highest BCUT2D eigenvalue weighted by atomic mass is 79.9. The van der Waals surface area contributed by atoms with Crippen molar-refractivity contribution in [1.29, 1.82) is 0 Å². The molecule has 0 atom stereocenters. The maximum atomic E-state index is 11.0. The zero-order valence-corrected chi connectivity index (χ0v) is 11.2. The van der Waals surface area contributed by atoms with Crippen molar-refractivity contribution in [2.45, 2.75) is 13.5 Å². The number of aromatic nitrogens is 2. The van der Waals surface area contributed by atoms with Crippen molar-refractivity contribution in [3.8, 4) is 5.69 Å². The van der Waals surface area contributed by atoms with E-state index in [0.717, 1.165) is 15.7 Å². The molecule has 1 aromatic carbocycles. The van der Waals surface area contributed by atoms with E-state index in [4.69, 9.17) is 10.2 Å². The Kier molecular flexibility index (Phi) is 3.49. The molecule has 1 aromatic heterocycles. The van der Waals surface area contributed by atoms with E-state index in [-0.39, 0.29) is 12.3 Å². The summed E-state index contributed by atoms with van der Waals surface area (Å²) in [7, 11) is 0. The number of halogens is 1. The quantitative estimate of drug-likeness (QED) is 0.910.